The van der Waals surface area contributed by atoms with Gasteiger partial charge < -0.3 is 25.8 Å². The fourth-order valence-corrected chi connectivity index (χ4v) is 3.53. The smallest absolute Gasteiger partial charge is 0.309 e. The van der Waals surface area contributed by atoms with Gasteiger partial charge in [0.05, 0.1) is 13.0 Å². The minimum Gasteiger partial charge on any atom is -0.481 e. The Labute approximate surface area is 223 Å². The average molecular weight is 563 g/mol. The maximum Gasteiger partial charge on any atom is 0.309 e. The van der Waals surface area contributed by atoms with Gasteiger partial charge in [-0.1, -0.05) is 42.5 Å². The van der Waals surface area contributed by atoms with E-state index in [0.717, 1.165) is 16.3 Å². The molecule has 14 heteroatoms. The highest BCUT2D eigenvalue weighted by Gasteiger charge is 2.27. The SMILES string of the molecule is O=C(O)C[C@H](NC(=O)CNC(=O)C(=O)NCc1cccc2ccccc12)C(=O)COc1c(F)c(F)cc(F)c1F. The number of aliphatic carboxylic acids is 1. The van der Waals surface area contributed by atoms with E-state index < -0.39 is 84.1 Å². The second-order valence-electron chi connectivity index (χ2n) is 8.27. The lowest BCUT2D eigenvalue weighted by molar-refractivity contribution is -0.141. The van der Waals surface area contributed by atoms with Crippen molar-refractivity contribution in [3.8, 4) is 5.75 Å². The summed E-state index contributed by atoms with van der Waals surface area (Å²) in [7, 11) is 0. The minimum atomic E-state index is -1.92. The molecule has 0 aliphatic carbocycles. The number of hydrogen-bond acceptors (Lipinski definition) is 6. The Morgan fingerprint density at radius 2 is 1.48 bits per heavy atom. The molecular weight excluding hydrogens is 542 g/mol. The molecule has 0 saturated heterocycles. The number of fused-ring (bicyclic) bond motifs is 1. The van der Waals surface area contributed by atoms with E-state index in [1.807, 2.05) is 41.0 Å². The fourth-order valence-electron chi connectivity index (χ4n) is 3.53. The van der Waals surface area contributed by atoms with Crippen LogP contribution in [0.15, 0.2) is 48.5 Å². The molecule has 0 heterocycles. The summed E-state index contributed by atoms with van der Waals surface area (Å²) < 4.78 is 58.6. The highest BCUT2D eigenvalue weighted by atomic mass is 19.2. The number of carbonyl (C=O) groups excluding carboxylic acids is 4. The Morgan fingerprint density at radius 3 is 2.15 bits per heavy atom. The van der Waals surface area contributed by atoms with Crippen LogP contribution in [0.5, 0.6) is 5.75 Å². The van der Waals surface area contributed by atoms with Gasteiger partial charge in [0.15, 0.2) is 23.2 Å². The van der Waals surface area contributed by atoms with E-state index in [1.54, 1.807) is 12.1 Å². The zero-order valence-corrected chi connectivity index (χ0v) is 20.4. The first-order valence-corrected chi connectivity index (χ1v) is 11.5. The van der Waals surface area contributed by atoms with Gasteiger partial charge in [-0.15, -0.1) is 0 Å². The van der Waals surface area contributed by atoms with Crippen LogP contribution in [0.4, 0.5) is 17.6 Å². The Bertz CT molecular complexity index is 1450. The van der Waals surface area contributed by atoms with E-state index in [-0.39, 0.29) is 12.6 Å². The molecule has 0 unspecified atom stereocenters. The molecule has 3 rings (SSSR count). The highest BCUT2D eigenvalue weighted by Crippen LogP contribution is 2.26. The predicted octanol–water partition coefficient (Wildman–Crippen LogP) is 1.74. The molecule has 0 saturated carbocycles. The van der Waals surface area contributed by atoms with Crippen LogP contribution in [-0.4, -0.2) is 53.8 Å². The van der Waals surface area contributed by atoms with Crippen LogP contribution >= 0.6 is 0 Å². The first kappa shape index (κ1) is 29.5. The molecule has 0 bridgehead atoms. The van der Waals surface area contributed by atoms with E-state index in [0.29, 0.717) is 0 Å². The molecule has 3 aromatic carbocycles. The van der Waals surface area contributed by atoms with Crippen molar-refractivity contribution in [2.75, 3.05) is 13.2 Å². The average Bonchev–Trinajstić information content (AvgIpc) is 2.92. The van der Waals surface area contributed by atoms with Crippen molar-refractivity contribution in [3.63, 3.8) is 0 Å². The van der Waals surface area contributed by atoms with Crippen LogP contribution in [0.1, 0.15) is 12.0 Å². The Balaban J connectivity index is 1.53. The topological polar surface area (TPSA) is 151 Å². The monoisotopic (exact) mass is 563 g/mol. The van der Waals surface area contributed by atoms with E-state index in [4.69, 9.17) is 5.11 Å². The molecule has 0 spiro atoms. The number of ketones is 1. The maximum atomic E-state index is 13.7. The molecule has 40 heavy (non-hydrogen) atoms. The highest BCUT2D eigenvalue weighted by molar-refractivity contribution is 6.35. The summed E-state index contributed by atoms with van der Waals surface area (Å²) in [5.74, 6) is -15.1. The van der Waals surface area contributed by atoms with Gasteiger partial charge in [0.25, 0.3) is 0 Å². The van der Waals surface area contributed by atoms with Crippen LogP contribution < -0.4 is 20.7 Å². The van der Waals surface area contributed by atoms with Gasteiger partial charge in [-0.05, 0) is 16.3 Å². The van der Waals surface area contributed by atoms with Crippen LogP contribution in [0.25, 0.3) is 10.8 Å². The van der Waals surface area contributed by atoms with Gasteiger partial charge in [0, 0.05) is 12.6 Å². The molecule has 3 amide bonds. The number of amides is 3. The number of benzene rings is 3. The first-order chi connectivity index (χ1) is 19.0. The van der Waals surface area contributed by atoms with Gasteiger partial charge in [-0.3, -0.25) is 24.0 Å². The molecule has 0 aliphatic heterocycles. The lowest BCUT2D eigenvalue weighted by Gasteiger charge is -2.17. The lowest BCUT2D eigenvalue weighted by atomic mass is 10.0. The third kappa shape index (κ3) is 7.52. The predicted molar refractivity (Wildman–Crippen MR) is 130 cm³/mol. The van der Waals surface area contributed by atoms with Gasteiger partial charge >= 0.3 is 17.8 Å². The third-order valence-corrected chi connectivity index (χ3v) is 5.47. The fraction of sp³-hybridized carbons (Fsp3) is 0.192. The second kappa shape index (κ2) is 13.2. The standard InChI is InChI=1S/C26H21F4N3O7/c27-16-8-17(28)23(30)24(22(16)29)40-12-19(34)18(9-21(36)37)33-20(35)11-32-26(39)25(38)31-10-14-6-3-5-13-4-1-2-7-15(13)14/h1-8,18H,9-12H2,(H,31,38)(H,32,39)(H,33,35)(H,36,37)/t18-/m0/s1. The number of hydrogen-bond donors (Lipinski definition) is 4. The van der Waals surface area contributed by atoms with E-state index in [9.17, 15) is 41.5 Å². The zero-order chi connectivity index (χ0) is 29.4. The molecule has 1 atom stereocenters. The van der Waals surface area contributed by atoms with E-state index in [1.165, 1.54) is 0 Å². The van der Waals surface area contributed by atoms with Gasteiger partial charge in [-0.25, -0.2) is 8.78 Å². The molecule has 210 valence electrons. The van der Waals surface area contributed by atoms with Crippen molar-refractivity contribution < 1.29 is 51.4 Å². The normalized spacial score (nSPS) is 11.4. The van der Waals surface area contributed by atoms with E-state index >= 15 is 0 Å². The van der Waals surface area contributed by atoms with Crippen molar-refractivity contribution in [2.45, 2.75) is 19.0 Å². The Hall–Kier alpha value is -5.01. The molecule has 0 fully saturated rings. The van der Waals surface area contributed by atoms with E-state index in [2.05, 4.69) is 10.1 Å². The van der Waals surface area contributed by atoms with Crippen molar-refractivity contribution in [3.05, 3.63) is 77.4 Å². The van der Waals surface area contributed by atoms with Crippen LogP contribution in [0.2, 0.25) is 0 Å². The van der Waals surface area contributed by atoms with Gasteiger partial charge in [0.2, 0.25) is 17.5 Å². The number of halogens is 4. The zero-order valence-electron chi connectivity index (χ0n) is 20.4. The number of carboxylic acid groups (broad SMARTS) is 1. The van der Waals surface area contributed by atoms with Crippen molar-refractivity contribution in [1.82, 2.24) is 16.0 Å². The summed E-state index contributed by atoms with van der Waals surface area (Å²) in [6, 6.07) is 10.9. The summed E-state index contributed by atoms with van der Waals surface area (Å²) in [5.41, 5.74) is 0.731. The van der Waals surface area contributed by atoms with Gasteiger partial charge in [0.1, 0.15) is 12.6 Å². The summed E-state index contributed by atoms with van der Waals surface area (Å²) in [5, 5.41) is 17.2. The molecular formula is C26H21F4N3O7. The van der Waals surface area contributed by atoms with Crippen molar-refractivity contribution >= 4 is 40.2 Å². The summed E-state index contributed by atoms with van der Waals surface area (Å²) in [6.45, 7) is -2.10. The molecule has 0 aliphatic rings. The Morgan fingerprint density at radius 1 is 0.850 bits per heavy atom. The van der Waals surface area contributed by atoms with Crippen molar-refractivity contribution in [2.24, 2.45) is 0 Å². The summed E-state index contributed by atoms with van der Waals surface area (Å²) in [4.78, 5) is 59.9. The number of rotatable bonds is 11. The number of Topliss-reactive ketones (excluding diaryl/α,β-unsaturated/α-hetero) is 1. The summed E-state index contributed by atoms with van der Waals surface area (Å²) >= 11 is 0. The minimum absolute atomic E-state index is 0.00535. The van der Waals surface area contributed by atoms with Crippen LogP contribution in [0.3, 0.4) is 0 Å². The molecule has 0 aromatic heterocycles. The number of carbonyl (C=O) groups is 5. The quantitative estimate of drug-likeness (QED) is 0.158. The van der Waals surface area contributed by atoms with Crippen LogP contribution in [0, 0.1) is 23.3 Å². The lowest BCUT2D eigenvalue weighted by Crippen LogP contribution is -2.49. The third-order valence-electron chi connectivity index (χ3n) is 5.47. The number of ether oxygens (including phenoxy) is 1. The number of nitrogens with one attached hydrogen (secondary N) is 3. The largest absolute Gasteiger partial charge is 0.481 e. The second-order valence-corrected chi connectivity index (χ2v) is 8.27. The molecule has 4 N–H and O–H groups in total. The first-order valence-electron chi connectivity index (χ1n) is 11.5. The molecule has 0 radical (unpaired) electrons. The summed E-state index contributed by atoms with van der Waals surface area (Å²) in [6.07, 6.45) is -1.00. The molecule has 10 nitrogen and oxygen atoms in total. The van der Waals surface area contributed by atoms with Gasteiger partial charge in [-0.2, -0.15) is 8.78 Å². The van der Waals surface area contributed by atoms with Crippen molar-refractivity contribution in [1.29, 1.82) is 0 Å². The Kier molecular flexibility index (Phi) is 9.73. The van der Waals surface area contributed by atoms with Crippen LogP contribution in [-0.2, 0) is 30.5 Å². The number of carboxylic acids is 1. The maximum absolute atomic E-state index is 13.7. The molecule has 3 aromatic rings.